The summed E-state index contributed by atoms with van der Waals surface area (Å²) in [5.74, 6) is -4.14. The van der Waals surface area contributed by atoms with Crippen molar-refractivity contribution in [2.24, 2.45) is 0 Å². The Hall–Kier alpha value is -4.27. The lowest BCUT2D eigenvalue weighted by Crippen LogP contribution is -2.37. The highest BCUT2D eigenvalue weighted by Gasteiger charge is 2.23. The van der Waals surface area contributed by atoms with Gasteiger partial charge in [-0.05, 0) is 48.5 Å². The van der Waals surface area contributed by atoms with Crippen LogP contribution in [-0.4, -0.2) is 55.8 Å². The molecule has 0 saturated carbocycles. The van der Waals surface area contributed by atoms with Crippen LogP contribution in [0.3, 0.4) is 0 Å². The van der Waals surface area contributed by atoms with Gasteiger partial charge >= 0.3 is 17.9 Å². The average molecular weight is 566 g/mol. The van der Waals surface area contributed by atoms with Gasteiger partial charge in [0.05, 0.1) is 11.0 Å². The van der Waals surface area contributed by atoms with E-state index in [4.69, 9.17) is 23.2 Å². The molecule has 0 aliphatic heterocycles. The third-order valence-electron chi connectivity index (χ3n) is 5.10. The first-order chi connectivity index (χ1) is 16.6. The highest BCUT2D eigenvalue weighted by Crippen LogP contribution is 2.26. The van der Waals surface area contributed by atoms with Gasteiger partial charge in [0.25, 0.3) is 0 Å². The number of nitrogens with zero attached hydrogens (tertiary/aromatic N) is 2. The van der Waals surface area contributed by atoms with Crippen LogP contribution in [0.1, 0.15) is 20.7 Å². The molecule has 13 nitrogen and oxygen atoms in total. The van der Waals surface area contributed by atoms with Crippen molar-refractivity contribution >= 4 is 74.6 Å². The van der Waals surface area contributed by atoms with Gasteiger partial charge in [-0.15, -0.1) is 0 Å². The molecular formula is C23H25Cl2N7O6. The van der Waals surface area contributed by atoms with Gasteiger partial charge in [-0.3, -0.25) is 0 Å². The highest BCUT2D eigenvalue weighted by atomic mass is 35.5. The molecule has 0 fully saturated rings. The fourth-order valence-corrected chi connectivity index (χ4v) is 3.79. The number of hydrogen-bond donors (Lipinski definition) is 8. The molecule has 15 heteroatoms. The standard InChI is InChI=1S/C23H16Cl2N4O6.3H3N/c24-12-1-3-16-10(5-12)7-14(21(30)31)19(27-16)26-9-18(23(34)35)29-20-15(22(32)33)8-11-6-13(25)2-4-17(11)28-20;;;/h1-8,18H,9H2,(H,26,27)(H,28,29)(H,30,31)(H,32,33)(H,34,35);3*1H3. The molecule has 1 atom stereocenters. The minimum absolute atomic E-state index is 0. The molecule has 2 aromatic heterocycles. The summed E-state index contributed by atoms with van der Waals surface area (Å²) in [5.41, 5.74) is 0.417. The number of carboxylic acids is 3. The van der Waals surface area contributed by atoms with Gasteiger partial charge in [0.2, 0.25) is 0 Å². The van der Waals surface area contributed by atoms with Crippen LogP contribution in [0, 0.1) is 0 Å². The van der Waals surface area contributed by atoms with Crippen molar-refractivity contribution in [2.75, 3.05) is 17.2 Å². The Morgan fingerprint density at radius 2 is 1.18 bits per heavy atom. The Morgan fingerprint density at radius 1 is 0.737 bits per heavy atom. The van der Waals surface area contributed by atoms with E-state index in [0.717, 1.165) is 0 Å². The summed E-state index contributed by atoms with van der Waals surface area (Å²) >= 11 is 11.9. The third kappa shape index (κ3) is 6.73. The number of carbonyl (C=O) groups is 3. The number of nitrogens with one attached hydrogen (secondary N) is 2. The number of benzene rings is 2. The first kappa shape index (κ1) is 31.8. The number of fused-ring (bicyclic) bond motifs is 2. The van der Waals surface area contributed by atoms with Gasteiger partial charge < -0.3 is 44.4 Å². The van der Waals surface area contributed by atoms with Crippen LogP contribution >= 0.6 is 23.2 Å². The van der Waals surface area contributed by atoms with Crippen molar-refractivity contribution in [2.45, 2.75) is 6.04 Å². The Labute approximate surface area is 225 Å². The third-order valence-corrected chi connectivity index (χ3v) is 5.57. The molecule has 2 aromatic carbocycles. The normalized spacial score (nSPS) is 10.9. The molecule has 0 amide bonds. The molecule has 1 unspecified atom stereocenters. The van der Waals surface area contributed by atoms with Crippen LogP contribution in [0.4, 0.5) is 11.6 Å². The van der Waals surface area contributed by atoms with Crippen molar-refractivity contribution in [1.82, 2.24) is 28.4 Å². The molecule has 0 saturated heterocycles. The number of rotatable bonds is 8. The molecule has 4 aromatic rings. The van der Waals surface area contributed by atoms with Crippen LogP contribution in [0.2, 0.25) is 10.0 Å². The van der Waals surface area contributed by atoms with E-state index in [9.17, 15) is 29.7 Å². The summed E-state index contributed by atoms with van der Waals surface area (Å²) in [6.07, 6.45) is 0. The van der Waals surface area contributed by atoms with Crippen LogP contribution in [0.15, 0.2) is 48.5 Å². The van der Waals surface area contributed by atoms with E-state index in [1.54, 1.807) is 36.4 Å². The monoisotopic (exact) mass is 565 g/mol. The second-order valence-corrected chi connectivity index (χ2v) is 8.34. The van der Waals surface area contributed by atoms with Crippen molar-refractivity contribution in [3.63, 3.8) is 0 Å². The smallest absolute Gasteiger partial charge is 0.339 e. The molecule has 14 N–H and O–H groups in total. The highest BCUT2D eigenvalue weighted by molar-refractivity contribution is 6.31. The van der Waals surface area contributed by atoms with Crippen LogP contribution in [0.5, 0.6) is 0 Å². The number of aromatic carboxylic acids is 2. The van der Waals surface area contributed by atoms with Crippen molar-refractivity contribution < 1.29 is 29.7 Å². The molecule has 4 rings (SSSR count). The number of anilines is 2. The summed E-state index contributed by atoms with van der Waals surface area (Å²) in [5, 5.41) is 36.1. The predicted octanol–water partition coefficient (Wildman–Crippen LogP) is 4.95. The molecule has 2 heterocycles. The van der Waals surface area contributed by atoms with E-state index >= 15 is 0 Å². The molecule has 202 valence electrons. The molecule has 0 spiro atoms. The van der Waals surface area contributed by atoms with Gasteiger partial charge in [-0.2, -0.15) is 0 Å². The fraction of sp³-hybridized carbons (Fsp3) is 0.0870. The van der Waals surface area contributed by atoms with Gasteiger partial charge in [-0.1, -0.05) is 23.2 Å². The molecule has 0 radical (unpaired) electrons. The van der Waals surface area contributed by atoms with E-state index in [-0.39, 0.29) is 47.8 Å². The minimum atomic E-state index is -1.38. The molecular weight excluding hydrogens is 541 g/mol. The molecule has 0 aliphatic rings. The number of aromatic nitrogens is 2. The second kappa shape index (κ2) is 12.8. The van der Waals surface area contributed by atoms with E-state index in [1.807, 2.05) is 0 Å². The summed E-state index contributed by atoms with van der Waals surface area (Å²) < 4.78 is 0. The summed E-state index contributed by atoms with van der Waals surface area (Å²) in [6, 6.07) is 10.8. The number of hydrogen-bond acceptors (Lipinski definition) is 10. The van der Waals surface area contributed by atoms with Crippen molar-refractivity contribution in [3.05, 3.63) is 69.7 Å². The van der Waals surface area contributed by atoms with E-state index < -0.39 is 23.9 Å². The Bertz CT molecular complexity index is 1520. The average Bonchev–Trinajstić information content (AvgIpc) is 2.80. The Balaban J connectivity index is 0.00000241. The molecule has 38 heavy (non-hydrogen) atoms. The van der Waals surface area contributed by atoms with E-state index in [1.165, 1.54) is 12.1 Å². The lowest BCUT2D eigenvalue weighted by Gasteiger charge is -2.19. The lowest BCUT2D eigenvalue weighted by molar-refractivity contribution is -0.137. The molecule has 0 aliphatic carbocycles. The maximum Gasteiger partial charge on any atom is 0.339 e. The van der Waals surface area contributed by atoms with Crippen molar-refractivity contribution in [1.29, 1.82) is 0 Å². The minimum Gasteiger partial charge on any atom is -0.480 e. The van der Waals surface area contributed by atoms with Gasteiger partial charge in [-0.25, -0.2) is 24.4 Å². The largest absolute Gasteiger partial charge is 0.480 e. The Morgan fingerprint density at radius 3 is 1.63 bits per heavy atom. The zero-order valence-corrected chi connectivity index (χ0v) is 21.3. The predicted molar refractivity (Wildman–Crippen MR) is 146 cm³/mol. The van der Waals surface area contributed by atoms with Crippen LogP contribution in [-0.2, 0) is 4.79 Å². The molecule has 0 bridgehead atoms. The van der Waals surface area contributed by atoms with Gasteiger partial charge in [0.1, 0.15) is 28.8 Å². The zero-order valence-electron chi connectivity index (χ0n) is 19.7. The number of halogens is 2. The quantitative estimate of drug-likeness (QED) is 0.140. The van der Waals surface area contributed by atoms with E-state index in [0.29, 0.717) is 31.9 Å². The first-order valence-corrected chi connectivity index (χ1v) is 10.8. The van der Waals surface area contributed by atoms with Crippen LogP contribution < -0.4 is 29.1 Å². The summed E-state index contributed by atoms with van der Waals surface area (Å²) in [7, 11) is 0. The second-order valence-electron chi connectivity index (χ2n) is 7.47. The number of pyridine rings is 2. The van der Waals surface area contributed by atoms with E-state index in [2.05, 4.69) is 20.6 Å². The fourth-order valence-electron chi connectivity index (χ4n) is 3.43. The zero-order chi connectivity index (χ0) is 25.3. The SMILES string of the molecule is N.N.N.O=C(O)c1cc2cc(Cl)ccc2nc1NCC(Nc1nc2ccc(Cl)cc2cc1C(=O)O)C(=O)O. The maximum absolute atomic E-state index is 11.9. The maximum atomic E-state index is 11.9. The Kier molecular flexibility index (Phi) is 10.7. The number of carboxylic acid groups (broad SMARTS) is 3. The van der Waals surface area contributed by atoms with Crippen molar-refractivity contribution in [3.8, 4) is 0 Å². The summed E-state index contributed by atoms with van der Waals surface area (Å²) in [6.45, 7) is -0.332. The first-order valence-electron chi connectivity index (χ1n) is 10.0. The lowest BCUT2D eigenvalue weighted by atomic mass is 10.1. The summed E-state index contributed by atoms with van der Waals surface area (Å²) in [4.78, 5) is 44.0. The van der Waals surface area contributed by atoms with Crippen LogP contribution in [0.25, 0.3) is 21.8 Å². The number of aliphatic carboxylic acids is 1. The topological polar surface area (TPSA) is 267 Å². The van der Waals surface area contributed by atoms with Gasteiger partial charge in [0.15, 0.2) is 0 Å². The van der Waals surface area contributed by atoms with Gasteiger partial charge in [0, 0.05) is 27.4 Å².